The first-order valence-electron chi connectivity index (χ1n) is 5.47. The summed E-state index contributed by atoms with van der Waals surface area (Å²) in [4.78, 5) is 12.3. The maximum atomic E-state index is 12.3. The molecule has 0 aliphatic rings. The van der Waals surface area contributed by atoms with Crippen LogP contribution in [0.4, 0.5) is 5.69 Å². The molecule has 0 saturated heterocycles. The van der Waals surface area contributed by atoms with Gasteiger partial charge in [-0.2, -0.15) is 5.26 Å². The predicted octanol–water partition coefficient (Wildman–Crippen LogP) is 4.62. The van der Waals surface area contributed by atoms with Crippen LogP contribution in [0.3, 0.4) is 0 Å². The average Bonchev–Trinajstić information content (AvgIpc) is 2.43. The van der Waals surface area contributed by atoms with Gasteiger partial charge in [-0.05, 0) is 104 Å². The van der Waals surface area contributed by atoms with Crippen molar-refractivity contribution < 1.29 is 4.79 Å². The molecule has 1 N–H and O–H groups in total. The minimum atomic E-state index is -0.143. The lowest BCUT2D eigenvalue weighted by atomic mass is 10.2. The second kappa shape index (κ2) is 7.04. The first-order valence-corrected chi connectivity index (χ1v) is 8.71. The molecule has 0 spiro atoms. The van der Waals surface area contributed by atoms with Gasteiger partial charge in [0.2, 0.25) is 0 Å². The van der Waals surface area contributed by atoms with Crippen LogP contribution >= 0.6 is 67.8 Å². The second-order valence-corrected chi connectivity index (χ2v) is 7.38. The highest BCUT2D eigenvalue weighted by atomic mass is 127. The molecule has 0 heterocycles. The molecule has 0 aliphatic carbocycles. The molecular formula is C14H7I3N2O. The van der Waals surface area contributed by atoms with Crippen molar-refractivity contribution in [3.05, 3.63) is 58.2 Å². The van der Waals surface area contributed by atoms with Crippen LogP contribution in [0.2, 0.25) is 0 Å². The number of benzene rings is 2. The van der Waals surface area contributed by atoms with Gasteiger partial charge in [0, 0.05) is 16.4 Å². The van der Waals surface area contributed by atoms with Crippen LogP contribution < -0.4 is 5.32 Å². The van der Waals surface area contributed by atoms with Crippen molar-refractivity contribution in [2.24, 2.45) is 0 Å². The molecule has 1 amide bonds. The fraction of sp³-hybridized carbons (Fsp3) is 0. The number of nitriles is 1. The molecule has 0 aliphatic heterocycles. The van der Waals surface area contributed by atoms with E-state index in [0.717, 1.165) is 10.7 Å². The Kier molecular flexibility index (Phi) is 5.62. The summed E-state index contributed by atoms with van der Waals surface area (Å²) in [7, 11) is 0. The normalized spacial score (nSPS) is 9.90. The molecule has 0 unspecified atom stereocenters. The van der Waals surface area contributed by atoms with Gasteiger partial charge in [-0.1, -0.05) is 0 Å². The SMILES string of the molecule is N#Cc1ccc(NC(=O)c2cc(I)cc(I)c2I)cc1. The first-order chi connectivity index (χ1) is 9.51. The Balaban J connectivity index is 2.26. The van der Waals surface area contributed by atoms with E-state index < -0.39 is 0 Å². The minimum Gasteiger partial charge on any atom is -0.322 e. The molecule has 2 aromatic rings. The van der Waals surface area contributed by atoms with Gasteiger partial charge in [0.25, 0.3) is 5.91 Å². The number of carbonyl (C=O) groups excluding carboxylic acids is 1. The van der Waals surface area contributed by atoms with E-state index in [4.69, 9.17) is 5.26 Å². The number of nitrogens with zero attached hydrogens (tertiary/aromatic N) is 1. The molecule has 20 heavy (non-hydrogen) atoms. The van der Waals surface area contributed by atoms with Gasteiger partial charge in [-0.3, -0.25) is 4.79 Å². The largest absolute Gasteiger partial charge is 0.322 e. The fourth-order valence-corrected chi connectivity index (χ4v) is 3.95. The van der Waals surface area contributed by atoms with Crippen LogP contribution in [-0.2, 0) is 0 Å². The zero-order valence-corrected chi connectivity index (χ0v) is 16.4. The van der Waals surface area contributed by atoms with E-state index in [1.165, 1.54) is 0 Å². The van der Waals surface area contributed by atoms with E-state index in [1.54, 1.807) is 24.3 Å². The number of carbonyl (C=O) groups is 1. The van der Waals surface area contributed by atoms with Crippen molar-refractivity contribution in [2.45, 2.75) is 0 Å². The molecule has 2 aromatic carbocycles. The molecular weight excluding hydrogens is 593 g/mol. The number of anilines is 1. The third-order valence-corrected chi connectivity index (χ3v) is 6.18. The van der Waals surface area contributed by atoms with Crippen LogP contribution in [0.1, 0.15) is 15.9 Å². The zero-order chi connectivity index (χ0) is 14.7. The summed E-state index contributed by atoms with van der Waals surface area (Å²) >= 11 is 6.59. The molecule has 0 saturated carbocycles. The topological polar surface area (TPSA) is 52.9 Å². The van der Waals surface area contributed by atoms with Gasteiger partial charge in [-0.15, -0.1) is 0 Å². The van der Waals surface area contributed by atoms with E-state index in [2.05, 4.69) is 73.1 Å². The van der Waals surface area contributed by atoms with Crippen molar-refractivity contribution in [1.29, 1.82) is 5.26 Å². The molecule has 0 aromatic heterocycles. The van der Waals surface area contributed by atoms with Gasteiger partial charge in [0.05, 0.1) is 17.2 Å². The van der Waals surface area contributed by atoms with Gasteiger partial charge in [-0.25, -0.2) is 0 Å². The number of rotatable bonds is 2. The molecule has 2 rings (SSSR count). The summed E-state index contributed by atoms with van der Waals surface area (Å²) in [5, 5.41) is 11.6. The van der Waals surface area contributed by atoms with Crippen molar-refractivity contribution in [3.8, 4) is 6.07 Å². The summed E-state index contributed by atoms with van der Waals surface area (Å²) in [5.41, 5.74) is 1.91. The van der Waals surface area contributed by atoms with Gasteiger partial charge < -0.3 is 5.32 Å². The number of hydrogen-bond acceptors (Lipinski definition) is 2. The Hall–Kier alpha value is -0.410. The van der Waals surface area contributed by atoms with Crippen LogP contribution in [0.25, 0.3) is 0 Å². The third kappa shape index (κ3) is 3.82. The highest BCUT2D eigenvalue weighted by Crippen LogP contribution is 2.23. The fourth-order valence-electron chi connectivity index (χ4n) is 1.55. The number of amides is 1. The van der Waals surface area contributed by atoms with Crippen LogP contribution in [0, 0.1) is 22.0 Å². The Morgan fingerprint density at radius 1 is 1.10 bits per heavy atom. The molecule has 100 valence electrons. The number of nitrogens with one attached hydrogen (secondary N) is 1. The third-order valence-electron chi connectivity index (χ3n) is 2.51. The van der Waals surface area contributed by atoms with Gasteiger partial charge >= 0.3 is 0 Å². The Morgan fingerprint density at radius 2 is 1.75 bits per heavy atom. The standard InChI is InChI=1S/C14H7I3N2O/c15-9-5-11(13(17)12(16)6-9)14(20)19-10-3-1-8(7-18)2-4-10/h1-6H,(H,19,20). The van der Waals surface area contributed by atoms with Crippen molar-refractivity contribution in [3.63, 3.8) is 0 Å². The second-order valence-electron chi connectivity index (χ2n) is 3.89. The van der Waals surface area contributed by atoms with Crippen LogP contribution in [0.15, 0.2) is 36.4 Å². The van der Waals surface area contributed by atoms with Crippen LogP contribution in [-0.4, -0.2) is 5.91 Å². The van der Waals surface area contributed by atoms with E-state index in [-0.39, 0.29) is 5.91 Å². The summed E-state index contributed by atoms with van der Waals surface area (Å²) in [6.45, 7) is 0. The van der Waals surface area contributed by atoms with Crippen molar-refractivity contribution in [2.75, 3.05) is 5.32 Å². The predicted molar refractivity (Wildman–Crippen MR) is 104 cm³/mol. The minimum absolute atomic E-state index is 0.143. The maximum absolute atomic E-state index is 12.3. The lowest BCUT2D eigenvalue weighted by Gasteiger charge is -2.09. The summed E-state index contributed by atoms with van der Waals surface area (Å²) in [5.74, 6) is -0.143. The monoisotopic (exact) mass is 600 g/mol. The quantitative estimate of drug-likeness (QED) is 0.405. The lowest BCUT2D eigenvalue weighted by Crippen LogP contribution is -2.14. The molecule has 3 nitrogen and oxygen atoms in total. The van der Waals surface area contributed by atoms with Crippen LogP contribution in [0.5, 0.6) is 0 Å². The Bertz CT molecular complexity index is 706. The zero-order valence-electron chi connectivity index (χ0n) is 9.95. The maximum Gasteiger partial charge on any atom is 0.256 e. The van der Waals surface area contributed by atoms with Gasteiger partial charge in [0.15, 0.2) is 0 Å². The molecule has 0 fully saturated rings. The van der Waals surface area contributed by atoms with E-state index >= 15 is 0 Å². The summed E-state index contributed by atoms with van der Waals surface area (Å²) < 4.78 is 3.02. The Morgan fingerprint density at radius 3 is 2.35 bits per heavy atom. The van der Waals surface area contributed by atoms with Crippen molar-refractivity contribution >= 4 is 79.4 Å². The van der Waals surface area contributed by atoms with E-state index in [9.17, 15) is 4.79 Å². The summed E-state index contributed by atoms with van der Waals surface area (Å²) in [6, 6.07) is 12.7. The number of hydrogen-bond donors (Lipinski definition) is 1. The molecule has 0 atom stereocenters. The first kappa shape index (κ1) is 16.0. The highest BCUT2D eigenvalue weighted by Gasteiger charge is 2.13. The highest BCUT2D eigenvalue weighted by molar-refractivity contribution is 14.1. The number of halogens is 3. The molecule has 6 heteroatoms. The lowest BCUT2D eigenvalue weighted by molar-refractivity contribution is 0.102. The smallest absolute Gasteiger partial charge is 0.256 e. The summed E-state index contributed by atoms with van der Waals surface area (Å²) in [6.07, 6.45) is 0. The Labute approximate surface area is 157 Å². The molecule has 0 bridgehead atoms. The van der Waals surface area contributed by atoms with E-state index in [1.807, 2.05) is 18.2 Å². The van der Waals surface area contributed by atoms with Gasteiger partial charge in [0.1, 0.15) is 0 Å². The average molecular weight is 600 g/mol. The van der Waals surface area contributed by atoms with Crippen molar-refractivity contribution in [1.82, 2.24) is 0 Å². The van der Waals surface area contributed by atoms with E-state index in [0.29, 0.717) is 16.8 Å². The molecule has 0 radical (unpaired) electrons.